The lowest BCUT2D eigenvalue weighted by Gasteiger charge is -2.36. The highest BCUT2D eigenvalue weighted by Crippen LogP contribution is 2.36. The van der Waals surface area contributed by atoms with Crippen molar-refractivity contribution in [3.63, 3.8) is 0 Å². The molecule has 2 heterocycles. The zero-order valence-electron chi connectivity index (χ0n) is 20.3. The lowest BCUT2D eigenvalue weighted by Crippen LogP contribution is -2.43. The molecule has 5 nitrogen and oxygen atoms in total. The number of nitrogens with zero attached hydrogens (tertiary/aromatic N) is 4. The van der Waals surface area contributed by atoms with Crippen molar-refractivity contribution in [3.8, 4) is 0 Å². The molecule has 0 spiro atoms. The van der Waals surface area contributed by atoms with E-state index in [-0.39, 0.29) is 29.0 Å². The zero-order valence-corrected chi connectivity index (χ0v) is 21.1. The summed E-state index contributed by atoms with van der Waals surface area (Å²) in [5.41, 5.74) is 1.48. The maximum atomic E-state index is 13.8. The van der Waals surface area contributed by atoms with Gasteiger partial charge in [0.05, 0.1) is 29.0 Å². The molecular weight excluding hydrogens is 432 g/mol. The normalized spacial score (nSPS) is 16.6. The maximum absolute atomic E-state index is 13.8. The van der Waals surface area contributed by atoms with Crippen LogP contribution in [0.4, 0.5) is 0 Å². The quantitative estimate of drug-likeness (QED) is 0.453. The number of benzene rings is 2. The molecule has 0 radical (unpaired) electrons. The average Bonchev–Trinajstić information content (AvgIpc) is 3.06. The van der Waals surface area contributed by atoms with Crippen LogP contribution in [0.3, 0.4) is 0 Å². The number of halogens is 1. The first kappa shape index (κ1) is 23.5. The predicted molar refractivity (Wildman–Crippen MR) is 137 cm³/mol. The van der Waals surface area contributed by atoms with E-state index in [1.54, 1.807) is 18.2 Å². The Hall–Kier alpha value is -2.66. The van der Waals surface area contributed by atoms with Crippen LogP contribution in [0, 0.1) is 11.8 Å². The molecule has 1 atom stereocenters. The van der Waals surface area contributed by atoms with Gasteiger partial charge in [-0.1, -0.05) is 69.6 Å². The van der Waals surface area contributed by atoms with Crippen LogP contribution >= 0.6 is 11.6 Å². The average molecular weight is 465 g/mol. The van der Waals surface area contributed by atoms with Gasteiger partial charge in [-0.25, -0.2) is 4.98 Å². The van der Waals surface area contributed by atoms with Crippen LogP contribution in [0.5, 0.6) is 0 Å². The van der Waals surface area contributed by atoms with Gasteiger partial charge in [0.25, 0.3) is 5.56 Å². The fourth-order valence-corrected chi connectivity index (χ4v) is 4.93. The maximum Gasteiger partial charge on any atom is 0.261 e. The number of hydrogen-bond donors (Lipinski definition) is 0. The number of aliphatic imine (C=N–C) groups is 1. The highest BCUT2D eigenvalue weighted by atomic mass is 35.5. The molecular formula is C27H33ClN4O. The van der Waals surface area contributed by atoms with E-state index in [1.165, 1.54) is 0 Å². The Morgan fingerprint density at radius 2 is 1.76 bits per heavy atom. The lowest BCUT2D eigenvalue weighted by molar-refractivity contribution is 0.219. The van der Waals surface area contributed by atoms with E-state index in [4.69, 9.17) is 21.6 Å². The minimum absolute atomic E-state index is 0.0392. The summed E-state index contributed by atoms with van der Waals surface area (Å²) in [5, 5.41) is 1.16. The molecule has 174 valence electrons. The molecule has 4 rings (SSSR count). The third kappa shape index (κ3) is 4.70. The van der Waals surface area contributed by atoms with E-state index in [0.717, 1.165) is 23.8 Å². The molecule has 6 heteroatoms. The van der Waals surface area contributed by atoms with E-state index in [0.29, 0.717) is 22.5 Å². The fraction of sp³-hybridized carbons (Fsp3) is 0.444. The fourth-order valence-electron chi connectivity index (χ4n) is 4.76. The van der Waals surface area contributed by atoms with Crippen LogP contribution in [-0.4, -0.2) is 32.4 Å². The summed E-state index contributed by atoms with van der Waals surface area (Å²) >= 11 is 6.29. The van der Waals surface area contributed by atoms with Crippen LogP contribution < -0.4 is 5.56 Å². The Labute approximate surface area is 201 Å². The van der Waals surface area contributed by atoms with E-state index >= 15 is 0 Å². The molecule has 0 aliphatic carbocycles. The second-order valence-corrected chi connectivity index (χ2v) is 10.7. The Bertz CT molecular complexity index is 1240. The summed E-state index contributed by atoms with van der Waals surface area (Å²) in [5.74, 6) is 2.33. The van der Waals surface area contributed by atoms with Crippen LogP contribution in [0.1, 0.15) is 59.0 Å². The van der Waals surface area contributed by atoms with Crippen LogP contribution in [0.25, 0.3) is 10.9 Å². The van der Waals surface area contributed by atoms with Crippen molar-refractivity contribution in [1.82, 2.24) is 14.5 Å². The van der Waals surface area contributed by atoms with Gasteiger partial charge < -0.3 is 4.90 Å². The molecule has 0 N–H and O–H groups in total. The molecule has 33 heavy (non-hydrogen) atoms. The first-order valence-electron chi connectivity index (χ1n) is 11.7. The molecule has 1 aliphatic heterocycles. The van der Waals surface area contributed by atoms with Gasteiger partial charge in [0.15, 0.2) is 0 Å². The van der Waals surface area contributed by atoms with Crippen molar-refractivity contribution < 1.29 is 0 Å². The predicted octanol–water partition coefficient (Wildman–Crippen LogP) is 5.94. The van der Waals surface area contributed by atoms with Crippen LogP contribution in [-0.2, 0) is 6.54 Å². The Morgan fingerprint density at radius 1 is 1.06 bits per heavy atom. The highest BCUT2D eigenvalue weighted by Gasteiger charge is 2.40. The number of rotatable bonds is 6. The Morgan fingerprint density at radius 3 is 2.39 bits per heavy atom. The van der Waals surface area contributed by atoms with E-state index in [2.05, 4.69) is 46.4 Å². The van der Waals surface area contributed by atoms with Crippen molar-refractivity contribution in [3.05, 3.63) is 75.3 Å². The molecule has 2 aromatic carbocycles. The first-order chi connectivity index (χ1) is 15.6. The van der Waals surface area contributed by atoms with Gasteiger partial charge in [-0.15, -0.1) is 0 Å². The van der Waals surface area contributed by atoms with E-state index < -0.39 is 0 Å². The SMILES string of the molecule is CC(C)C1=NC(C)(C)CN1C(c1nc2cc(Cl)ccc2c(=O)n1Cc1ccccc1)C(C)C. The largest absolute Gasteiger partial charge is 0.347 e. The van der Waals surface area contributed by atoms with Gasteiger partial charge in [-0.05, 0) is 43.5 Å². The molecule has 0 fully saturated rings. The summed E-state index contributed by atoms with van der Waals surface area (Å²) in [6.07, 6.45) is 0. The summed E-state index contributed by atoms with van der Waals surface area (Å²) < 4.78 is 1.85. The van der Waals surface area contributed by atoms with Gasteiger partial charge in [0.1, 0.15) is 11.7 Å². The summed E-state index contributed by atoms with van der Waals surface area (Å²) in [4.78, 5) is 26.3. The van der Waals surface area contributed by atoms with Gasteiger partial charge >= 0.3 is 0 Å². The number of fused-ring (bicyclic) bond motifs is 1. The number of hydrogen-bond acceptors (Lipinski definition) is 4. The van der Waals surface area contributed by atoms with Gasteiger partial charge in [0, 0.05) is 17.5 Å². The van der Waals surface area contributed by atoms with E-state index in [9.17, 15) is 4.79 Å². The third-order valence-electron chi connectivity index (χ3n) is 6.15. The second kappa shape index (κ2) is 8.94. The second-order valence-electron chi connectivity index (χ2n) is 10.3. The Balaban J connectivity index is 1.95. The summed E-state index contributed by atoms with van der Waals surface area (Å²) in [6.45, 7) is 14.3. The topological polar surface area (TPSA) is 50.5 Å². The molecule has 1 aliphatic rings. The Kier molecular flexibility index (Phi) is 6.37. The van der Waals surface area contributed by atoms with Crippen LogP contribution in [0.15, 0.2) is 58.3 Å². The summed E-state index contributed by atoms with van der Waals surface area (Å²) in [6, 6.07) is 15.3. The smallest absolute Gasteiger partial charge is 0.261 e. The third-order valence-corrected chi connectivity index (χ3v) is 6.38. The number of amidine groups is 1. The van der Waals surface area contributed by atoms with Gasteiger partial charge in [-0.3, -0.25) is 14.4 Å². The molecule has 0 bridgehead atoms. The zero-order chi connectivity index (χ0) is 23.9. The molecule has 0 amide bonds. The molecule has 0 saturated heterocycles. The van der Waals surface area contributed by atoms with Crippen molar-refractivity contribution in [1.29, 1.82) is 0 Å². The standard InChI is InChI=1S/C27H33ClN4O/c1-17(2)23(32-16-27(5,6)30-24(32)18(3)4)25-29-22-14-20(28)12-13-21(22)26(33)31(25)15-19-10-8-7-9-11-19/h7-14,17-18,23H,15-16H2,1-6H3. The number of aromatic nitrogens is 2. The van der Waals surface area contributed by atoms with Gasteiger partial charge in [0.2, 0.25) is 0 Å². The summed E-state index contributed by atoms with van der Waals surface area (Å²) in [7, 11) is 0. The molecule has 3 aromatic rings. The van der Waals surface area contributed by atoms with Gasteiger partial charge in [-0.2, -0.15) is 0 Å². The lowest BCUT2D eigenvalue weighted by atomic mass is 9.97. The van der Waals surface area contributed by atoms with Crippen molar-refractivity contribution in [2.45, 2.75) is 59.7 Å². The first-order valence-corrected chi connectivity index (χ1v) is 12.1. The molecule has 1 unspecified atom stereocenters. The minimum Gasteiger partial charge on any atom is -0.347 e. The van der Waals surface area contributed by atoms with E-state index in [1.807, 2.05) is 34.9 Å². The monoisotopic (exact) mass is 464 g/mol. The molecule has 0 saturated carbocycles. The van der Waals surface area contributed by atoms with Crippen molar-refractivity contribution in [2.75, 3.05) is 6.54 Å². The van der Waals surface area contributed by atoms with Crippen molar-refractivity contribution >= 4 is 28.3 Å². The molecule has 1 aromatic heterocycles. The minimum atomic E-state index is -0.183. The highest BCUT2D eigenvalue weighted by molar-refractivity contribution is 6.31. The van der Waals surface area contributed by atoms with Crippen molar-refractivity contribution in [2.24, 2.45) is 16.8 Å². The van der Waals surface area contributed by atoms with Crippen LogP contribution in [0.2, 0.25) is 5.02 Å².